The van der Waals surface area contributed by atoms with Crippen LogP contribution in [0.15, 0.2) is 189 Å². The van der Waals surface area contributed by atoms with E-state index < -0.39 is 0 Å². The van der Waals surface area contributed by atoms with Crippen molar-refractivity contribution in [1.29, 1.82) is 0 Å². The van der Waals surface area contributed by atoms with Crippen LogP contribution in [0.4, 0.5) is 0 Å². The molecule has 0 aliphatic heterocycles. The zero-order chi connectivity index (χ0) is 44.7. The molecular formula is C63H50B. The topological polar surface area (TPSA) is 0 Å². The van der Waals surface area contributed by atoms with Crippen molar-refractivity contribution in [2.24, 2.45) is 0 Å². The predicted octanol–water partition coefficient (Wildman–Crippen LogP) is 13.7. The Bertz CT molecular complexity index is 3570. The second-order valence-electron chi connectivity index (χ2n) is 15.9. The average Bonchev–Trinajstić information content (AvgIpc) is 3.32. The van der Waals surface area contributed by atoms with Crippen LogP contribution in [-0.4, -0.2) is 13.5 Å². The van der Waals surface area contributed by atoms with Crippen molar-refractivity contribution in [3.63, 3.8) is 0 Å². The van der Waals surface area contributed by atoms with Crippen LogP contribution in [0.1, 0.15) is 35.6 Å². The first-order valence-corrected chi connectivity index (χ1v) is 21.7. The molecule has 8 rings (SSSR count). The quantitative estimate of drug-likeness (QED) is 0.127. The molecule has 0 bridgehead atoms. The molecule has 0 saturated heterocycles. The Morgan fingerprint density at radius 3 is 1.38 bits per heavy atom. The van der Waals surface area contributed by atoms with Crippen molar-refractivity contribution in [2.75, 3.05) is 0 Å². The molecule has 0 amide bonds. The van der Waals surface area contributed by atoms with Gasteiger partial charge >= 0.3 is 339 Å². The Morgan fingerprint density at radius 2 is 0.875 bits per heavy atom. The van der Waals surface area contributed by atoms with Gasteiger partial charge in [0.2, 0.25) is 0 Å². The first-order chi connectivity index (χ1) is 31.3. The number of fused-ring (bicyclic) bond motifs is 3. The summed E-state index contributed by atoms with van der Waals surface area (Å²) in [6.07, 6.45) is 8.98. The number of hydrogen-bond donors (Lipinski definition) is 0. The summed E-state index contributed by atoms with van der Waals surface area (Å²) in [4.78, 5) is 0. The van der Waals surface area contributed by atoms with E-state index in [1.165, 1.54) is 16.2 Å². The van der Waals surface area contributed by atoms with Gasteiger partial charge in [0.1, 0.15) is 0 Å². The molecule has 0 aromatic heterocycles. The molecule has 8 aromatic carbocycles. The number of hydrogen-bond acceptors (Lipinski definition) is 0. The number of rotatable bonds is 9. The van der Waals surface area contributed by atoms with Crippen LogP contribution in [0, 0.1) is 0 Å². The summed E-state index contributed by atoms with van der Waals surface area (Å²) in [5.41, 5.74) is 11.4. The van der Waals surface area contributed by atoms with E-state index >= 15 is 0 Å². The molecule has 0 unspecified atom stereocenters. The molecule has 0 heterocycles. The van der Waals surface area contributed by atoms with Gasteiger partial charge in [-0.1, -0.05) is 30.3 Å². The summed E-state index contributed by atoms with van der Waals surface area (Å²) in [6, 6.07) is 59.4. The number of allylic oxidation sites excluding steroid dienone is 1. The van der Waals surface area contributed by atoms with Gasteiger partial charge in [-0.2, -0.15) is 0 Å². The molecule has 305 valence electrons. The van der Waals surface area contributed by atoms with E-state index in [-0.39, 0.29) is 0 Å². The molecular weight excluding hydrogens is 768 g/mol. The maximum atomic E-state index is 6.90. The van der Waals surface area contributed by atoms with Crippen LogP contribution in [0.2, 0.25) is 0 Å². The van der Waals surface area contributed by atoms with Gasteiger partial charge in [-0.25, -0.2) is 0 Å². The maximum absolute atomic E-state index is 6.90. The Hall–Kier alpha value is -7.87. The van der Waals surface area contributed by atoms with Gasteiger partial charge in [-0.05, 0) is 10.8 Å². The van der Waals surface area contributed by atoms with E-state index in [1.54, 1.807) is 5.97 Å². The van der Waals surface area contributed by atoms with E-state index in [4.69, 9.17) is 20.6 Å². The SMILES string of the molecule is [B]=Cc1c(/C=C\CC)c(-c2ccc3ccccc3c2)c(=C)ccccc(=C)c1-c1cc(-c2c(=C)ccccc(=C)c(-c3ccc4ccccc4c3)c3ccccc23)cc(C=C)c1C=C. The van der Waals surface area contributed by atoms with Crippen molar-refractivity contribution in [2.45, 2.75) is 13.3 Å². The molecule has 0 atom stereocenters. The third kappa shape index (κ3) is 8.37. The van der Waals surface area contributed by atoms with Crippen LogP contribution in [-0.2, 0) is 0 Å². The molecule has 8 aromatic rings. The summed E-state index contributed by atoms with van der Waals surface area (Å²) in [5, 5.41) is 10.1. The first kappa shape index (κ1) is 42.8. The summed E-state index contributed by atoms with van der Waals surface area (Å²) >= 11 is 0. The van der Waals surface area contributed by atoms with Gasteiger partial charge < -0.3 is 0 Å². The van der Waals surface area contributed by atoms with E-state index in [1.807, 2.05) is 42.5 Å². The van der Waals surface area contributed by atoms with Crippen molar-refractivity contribution in [1.82, 2.24) is 0 Å². The summed E-state index contributed by atoms with van der Waals surface area (Å²) < 4.78 is 0. The van der Waals surface area contributed by atoms with Crippen molar-refractivity contribution < 1.29 is 0 Å². The van der Waals surface area contributed by atoms with Gasteiger partial charge in [0.05, 0.1) is 0 Å². The minimum atomic E-state index is 0.785. The third-order valence-electron chi connectivity index (χ3n) is 11.9. The fourth-order valence-corrected chi connectivity index (χ4v) is 8.94. The number of benzene rings is 6. The average molecular weight is 818 g/mol. The third-order valence-corrected chi connectivity index (χ3v) is 11.9. The van der Waals surface area contributed by atoms with Crippen LogP contribution in [0.25, 0.3) is 121 Å². The summed E-state index contributed by atoms with van der Waals surface area (Å²) in [6.45, 7) is 29.6. The Morgan fingerprint density at radius 1 is 0.422 bits per heavy atom. The zero-order valence-electron chi connectivity index (χ0n) is 36.6. The van der Waals surface area contributed by atoms with E-state index in [0.29, 0.717) is 0 Å². The predicted molar refractivity (Wildman–Crippen MR) is 287 cm³/mol. The standard InChI is InChI=1S/C63H50B/c1-8-11-30-57-59(41-64)63(45(7)25-15-14-23-43(5)61(57)52-36-34-48-27-17-19-29-50(48)39-52)58-40-53(37-46(9-2)54(58)10-3)62-44(6)24-13-12-22-42(4)60(55-31-20-21-32-56(55)62)51-35-33-47-26-16-18-28-49(47)38-51/h9-41H,2-8H2,1H3/b22-12?,23-14?,24-13?,25-15?,30-11-,60-55?,61-57?,62-56?,63-59?. The Kier molecular flexibility index (Phi) is 12.7. The fraction of sp³-hybridized carbons (Fsp3) is 0.0317. The first-order valence-electron chi connectivity index (χ1n) is 21.7. The molecule has 1 heteroatoms. The van der Waals surface area contributed by atoms with Gasteiger partial charge in [-0.3, -0.25) is 0 Å². The van der Waals surface area contributed by atoms with Crippen molar-refractivity contribution >= 4 is 90.3 Å². The molecule has 0 aliphatic carbocycles. The molecule has 64 heavy (non-hydrogen) atoms. The second-order valence-corrected chi connectivity index (χ2v) is 15.9. The monoisotopic (exact) mass is 817 g/mol. The van der Waals surface area contributed by atoms with Gasteiger partial charge in [-0.15, -0.1) is 0 Å². The Labute approximate surface area is 378 Å². The van der Waals surface area contributed by atoms with E-state index in [9.17, 15) is 0 Å². The fourth-order valence-electron chi connectivity index (χ4n) is 8.94. The van der Waals surface area contributed by atoms with Crippen LogP contribution in [0.5, 0.6) is 0 Å². The molecule has 0 saturated carbocycles. The Balaban J connectivity index is 1.54. The second kappa shape index (κ2) is 19.0. The van der Waals surface area contributed by atoms with Gasteiger partial charge in [0.15, 0.2) is 0 Å². The van der Waals surface area contributed by atoms with Gasteiger partial charge in [0.25, 0.3) is 0 Å². The molecule has 0 nitrogen and oxygen atoms in total. The summed E-state index contributed by atoms with van der Waals surface area (Å²) in [5.74, 6) is 1.72. The molecule has 0 aliphatic rings. The zero-order valence-corrected chi connectivity index (χ0v) is 36.6. The van der Waals surface area contributed by atoms with Crippen molar-refractivity contribution in [3.8, 4) is 44.5 Å². The summed E-state index contributed by atoms with van der Waals surface area (Å²) in [7, 11) is 6.90. The van der Waals surface area contributed by atoms with Crippen LogP contribution < -0.4 is 20.9 Å². The van der Waals surface area contributed by atoms with E-state index in [2.05, 4.69) is 185 Å². The van der Waals surface area contributed by atoms with Crippen molar-refractivity contribution in [3.05, 3.63) is 232 Å². The normalized spacial score (nSPS) is 11.0. The van der Waals surface area contributed by atoms with Crippen LogP contribution >= 0.6 is 0 Å². The molecule has 1 radical (unpaired) electrons. The minimum absolute atomic E-state index is 0.785. The van der Waals surface area contributed by atoms with Gasteiger partial charge in [0, 0.05) is 0 Å². The van der Waals surface area contributed by atoms with E-state index in [0.717, 1.165) is 110 Å². The van der Waals surface area contributed by atoms with Crippen LogP contribution in [0.3, 0.4) is 0 Å². The molecule has 0 N–H and O–H groups in total. The molecule has 0 spiro atoms. The molecule has 0 fully saturated rings.